The zero-order chi connectivity index (χ0) is 14.1. The van der Waals surface area contributed by atoms with Gasteiger partial charge in [0, 0.05) is 17.6 Å². The van der Waals surface area contributed by atoms with Gasteiger partial charge in [-0.1, -0.05) is 5.16 Å². The van der Waals surface area contributed by atoms with Gasteiger partial charge in [0.25, 0.3) is 11.7 Å². The van der Waals surface area contributed by atoms with Gasteiger partial charge in [-0.05, 0) is 26.3 Å². The van der Waals surface area contributed by atoms with Crippen LogP contribution in [0.1, 0.15) is 45.3 Å². The van der Waals surface area contributed by atoms with E-state index in [1.807, 2.05) is 13.1 Å². The average molecular weight is 293 g/mol. The highest BCUT2D eigenvalue weighted by Crippen LogP contribution is 2.32. The minimum absolute atomic E-state index is 0.0537. The predicted molar refractivity (Wildman–Crippen MR) is 72.1 cm³/mol. The first-order valence-electron chi connectivity index (χ1n) is 6.42. The summed E-state index contributed by atoms with van der Waals surface area (Å²) in [4.78, 5) is 22.8. The van der Waals surface area contributed by atoms with E-state index >= 15 is 0 Å². The van der Waals surface area contributed by atoms with Crippen molar-refractivity contribution in [2.24, 2.45) is 5.73 Å². The van der Waals surface area contributed by atoms with Crippen molar-refractivity contribution in [3.8, 4) is 0 Å². The summed E-state index contributed by atoms with van der Waals surface area (Å²) in [6.45, 7) is 3.77. The molecule has 0 saturated carbocycles. The molecule has 3 rings (SSSR count). The van der Waals surface area contributed by atoms with Crippen molar-refractivity contribution in [1.82, 2.24) is 20.0 Å². The van der Waals surface area contributed by atoms with Crippen LogP contribution in [-0.2, 0) is 6.54 Å². The smallest absolute Gasteiger partial charge is 0.290 e. The summed E-state index contributed by atoms with van der Waals surface area (Å²) in [5, 5.41) is 4.67. The summed E-state index contributed by atoms with van der Waals surface area (Å²) >= 11 is 1.69. The van der Waals surface area contributed by atoms with Gasteiger partial charge in [-0.3, -0.25) is 9.69 Å². The van der Waals surface area contributed by atoms with Crippen molar-refractivity contribution in [2.75, 3.05) is 6.54 Å². The van der Waals surface area contributed by atoms with Crippen molar-refractivity contribution < 1.29 is 9.32 Å². The van der Waals surface area contributed by atoms with Crippen molar-refractivity contribution >= 4 is 17.2 Å². The highest BCUT2D eigenvalue weighted by Gasteiger charge is 2.31. The number of carbonyl (C=O) groups is 1. The van der Waals surface area contributed by atoms with Crippen LogP contribution >= 0.6 is 11.3 Å². The normalized spacial score (nSPS) is 19.6. The molecule has 1 saturated heterocycles. The summed E-state index contributed by atoms with van der Waals surface area (Å²) in [6, 6.07) is 0.0537. The second-order valence-corrected chi connectivity index (χ2v) is 6.11. The van der Waals surface area contributed by atoms with E-state index in [9.17, 15) is 4.79 Å². The van der Waals surface area contributed by atoms with Crippen LogP contribution < -0.4 is 5.73 Å². The Balaban J connectivity index is 1.76. The number of aryl methyl sites for hydroxylation is 1. The molecule has 0 aliphatic carbocycles. The number of likely N-dealkylation sites (tertiary alicyclic amines) is 1. The van der Waals surface area contributed by atoms with Crippen molar-refractivity contribution in [3.05, 3.63) is 27.8 Å². The minimum Gasteiger partial charge on any atom is -0.363 e. The van der Waals surface area contributed by atoms with Crippen molar-refractivity contribution in [1.29, 1.82) is 0 Å². The lowest BCUT2D eigenvalue weighted by molar-refractivity contribution is 0.0987. The van der Waals surface area contributed by atoms with E-state index in [0.29, 0.717) is 5.89 Å². The molecule has 3 heterocycles. The number of hydrogen-bond donors (Lipinski definition) is 1. The predicted octanol–water partition coefficient (Wildman–Crippen LogP) is 1.27. The van der Waals surface area contributed by atoms with Gasteiger partial charge in [0.05, 0.1) is 11.0 Å². The van der Waals surface area contributed by atoms with Gasteiger partial charge in [-0.2, -0.15) is 4.98 Å². The van der Waals surface area contributed by atoms with Gasteiger partial charge in [0.15, 0.2) is 0 Å². The van der Waals surface area contributed by atoms with E-state index < -0.39 is 5.91 Å². The Labute approximate surface area is 119 Å². The van der Waals surface area contributed by atoms with Crippen molar-refractivity contribution in [3.63, 3.8) is 0 Å². The van der Waals surface area contributed by atoms with Gasteiger partial charge in [0.2, 0.25) is 5.89 Å². The number of thiazole rings is 1. The van der Waals surface area contributed by atoms with Crippen LogP contribution in [0, 0.1) is 6.92 Å². The lowest BCUT2D eigenvalue weighted by Gasteiger charge is -2.20. The van der Waals surface area contributed by atoms with E-state index in [4.69, 9.17) is 10.3 Å². The van der Waals surface area contributed by atoms with Crippen molar-refractivity contribution in [2.45, 2.75) is 32.4 Å². The standard InChI is InChI=1S/C12H15N5O2S/c1-7-14-5-8(20-7)6-17-4-2-3-9(17)12-15-11(10(13)18)16-19-12/h5,9H,2-4,6H2,1H3,(H2,13,18)/t9-/m0/s1. The molecule has 7 nitrogen and oxygen atoms in total. The third kappa shape index (κ3) is 2.56. The molecule has 20 heavy (non-hydrogen) atoms. The van der Waals surface area contributed by atoms with Crippen LogP contribution in [0.2, 0.25) is 0 Å². The molecular weight excluding hydrogens is 278 g/mol. The van der Waals surface area contributed by atoms with Crippen LogP contribution in [-0.4, -0.2) is 32.5 Å². The first kappa shape index (κ1) is 13.2. The molecule has 0 spiro atoms. The highest BCUT2D eigenvalue weighted by molar-refractivity contribution is 7.11. The van der Waals surface area contributed by atoms with E-state index in [-0.39, 0.29) is 11.9 Å². The molecule has 2 aromatic heterocycles. The number of aromatic nitrogens is 3. The largest absolute Gasteiger partial charge is 0.363 e. The number of carbonyl (C=O) groups excluding carboxylic acids is 1. The minimum atomic E-state index is -0.664. The first-order valence-corrected chi connectivity index (χ1v) is 7.24. The van der Waals surface area contributed by atoms with Gasteiger partial charge in [0.1, 0.15) is 0 Å². The number of rotatable bonds is 4. The second-order valence-electron chi connectivity index (χ2n) is 4.79. The Morgan fingerprint density at radius 3 is 3.15 bits per heavy atom. The van der Waals surface area contributed by atoms with Crippen LogP contribution in [0.5, 0.6) is 0 Å². The Bertz CT molecular complexity index is 623. The quantitative estimate of drug-likeness (QED) is 0.911. The van der Waals surface area contributed by atoms with Crippen LogP contribution in [0.4, 0.5) is 0 Å². The third-order valence-electron chi connectivity index (χ3n) is 3.34. The van der Waals surface area contributed by atoms with Gasteiger partial charge < -0.3 is 10.3 Å². The van der Waals surface area contributed by atoms with Gasteiger partial charge in [-0.25, -0.2) is 4.98 Å². The number of nitrogens with two attached hydrogens (primary N) is 1. The zero-order valence-electron chi connectivity index (χ0n) is 11.1. The average Bonchev–Trinajstić information content (AvgIpc) is 3.10. The fourth-order valence-electron chi connectivity index (χ4n) is 2.44. The Hall–Kier alpha value is -1.80. The molecule has 1 aliphatic rings. The third-order valence-corrected chi connectivity index (χ3v) is 4.24. The molecule has 8 heteroatoms. The SMILES string of the molecule is Cc1ncc(CN2CCC[C@H]2c2nc(C(N)=O)no2)s1. The van der Waals surface area contributed by atoms with E-state index in [2.05, 4.69) is 20.0 Å². The lowest BCUT2D eigenvalue weighted by atomic mass is 10.2. The summed E-state index contributed by atoms with van der Waals surface area (Å²) < 4.78 is 5.17. The maximum atomic E-state index is 11.0. The molecule has 1 amide bonds. The van der Waals surface area contributed by atoms with E-state index in [1.165, 1.54) is 4.88 Å². The van der Waals surface area contributed by atoms with E-state index in [1.54, 1.807) is 11.3 Å². The molecule has 1 atom stereocenters. The zero-order valence-corrected chi connectivity index (χ0v) is 11.9. The van der Waals surface area contributed by atoms with E-state index in [0.717, 1.165) is 30.9 Å². The molecule has 2 N–H and O–H groups in total. The summed E-state index contributed by atoms with van der Waals surface area (Å²) in [7, 11) is 0. The lowest BCUT2D eigenvalue weighted by Crippen LogP contribution is -2.22. The number of amides is 1. The molecule has 0 aromatic carbocycles. The Morgan fingerprint density at radius 2 is 2.50 bits per heavy atom. The van der Waals surface area contributed by atoms with Gasteiger partial charge >= 0.3 is 0 Å². The summed E-state index contributed by atoms with van der Waals surface area (Å²) in [5.41, 5.74) is 5.14. The molecular formula is C12H15N5O2S. The van der Waals surface area contributed by atoms with Crippen LogP contribution in [0.25, 0.3) is 0 Å². The molecule has 1 aliphatic heterocycles. The molecule has 1 fully saturated rings. The maximum Gasteiger partial charge on any atom is 0.290 e. The monoisotopic (exact) mass is 293 g/mol. The molecule has 0 bridgehead atoms. The Kier molecular flexibility index (Phi) is 3.49. The van der Waals surface area contributed by atoms with Crippen LogP contribution in [0.15, 0.2) is 10.7 Å². The fraction of sp³-hybridized carbons (Fsp3) is 0.500. The number of nitrogens with zero attached hydrogens (tertiary/aromatic N) is 4. The fourth-order valence-corrected chi connectivity index (χ4v) is 3.26. The van der Waals surface area contributed by atoms with Crippen LogP contribution in [0.3, 0.4) is 0 Å². The molecule has 0 radical (unpaired) electrons. The highest BCUT2D eigenvalue weighted by atomic mass is 32.1. The summed E-state index contributed by atoms with van der Waals surface area (Å²) in [6.07, 6.45) is 3.91. The summed E-state index contributed by atoms with van der Waals surface area (Å²) in [5.74, 6) is -0.249. The number of hydrogen-bond acceptors (Lipinski definition) is 7. The second kappa shape index (κ2) is 5.29. The molecule has 106 valence electrons. The molecule has 0 unspecified atom stereocenters. The first-order chi connectivity index (χ1) is 9.63. The van der Waals surface area contributed by atoms with Gasteiger partial charge in [-0.15, -0.1) is 11.3 Å². The number of primary amides is 1. The molecule has 2 aromatic rings. The Morgan fingerprint density at radius 1 is 1.65 bits per heavy atom. The maximum absolute atomic E-state index is 11.0. The topological polar surface area (TPSA) is 98.1 Å².